The third-order valence-corrected chi connectivity index (χ3v) is 8.46. The maximum absolute atomic E-state index is 13.9. The van der Waals surface area contributed by atoms with Gasteiger partial charge in [-0.1, -0.05) is 49.1 Å². The van der Waals surface area contributed by atoms with Gasteiger partial charge in [-0.05, 0) is 48.4 Å². The highest BCUT2D eigenvalue weighted by Gasteiger charge is 2.21. The van der Waals surface area contributed by atoms with Gasteiger partial charge in [0.15, 0.2) is 0 Å². The maximum atomic E-state index is 13.9. The summed E-state index contributed by atoms with van der Waals surface area (Å²) in [6.07, 6.45) is 2.89. The van der Waals surface area contributed by atoms with Crippen molar-refractivity contribution in [3.05, 3.63) is 83.9 Å². The minimum atomic E-state index is -1.51. The number of halogens is 1. The predicted octanol–water partition coefficient (Wildman–Crippen LogP) is 5.23. The number of amides is 1. The summed E-state index contributed by atoms with van der Waals surface area (Å²) in [5.74, 6) is 0.443. The lowest BCUT2D eigenvalue weighted by Crippen LogP contribution is -2.37. The summed E-state index contributed by atoms with van der Waals surface area (Å²) in [7, 11) is -1.51. The minimum absolute atomic E-state index is 0.208. The number of anilines is 2. The van der Waals surface area contributed by atoms with Crippen molar-refractivity contribution in [1.82, 2.24) is 9.55 Å². The van der Waals surface area contributed by atoms with Gasteiger partial charge in [0.25, 0.3) is 5.91 Å². The second kappa shape index (κ2) is 8.72. The number of fused-ring (bicyclic) bond motifs is 1. The number of hydrogen-bond acceptors (Lipinski definition) is 3. The van der Waals surface area contributed by atoms with Crippen LogP contribution in [0.15, 0.2) is 66.9 Å². The monoisotopic (exact) mass is 472 g/mol. The average molecular weight is 473 g/mol. The zero-order valence-electron chi connectivity index (χ0n) is 19.8. The van der Waals surface area contributed by atoms with Crippen molar-refractivity contribution in [1.29, 1.82) is 0 Å². The summed E-state index contributed by atoms with van der Waals surface area (Å²) in [4.78, 5) is 20.1. The van der Waals surface area contributed by atoms with E-state index < -0.39 is 8.07 Å². The van der Waals surface area contributed by atoms with E-state index in [0.717, 1.165) is 35.4 Å². The van der Waals surface area contributed by atoms with Crippen LogP contribution in [0, 0.1) is 5.82 Å². The fraction of sp³-hybridized carbons (Fsp3) is 0.259. The van der Waals surface area contributed by atoms with E-state index >= 15 is 0 Å². The Bertz CT molecular complexity index is 1350. The Labute approximate surface area is 200 Å². The van der Waals surface area contributed by atoms with E-state index in [4.69, 9.17) is 0 Å². The van der Waals surface area contributed by atoms with Gasteiger partial charge >= 0.3 is 0 Å². The Balaban J connectivity index is 1.50. The Morgan fingerprint density at radius 1 is 1.06 bits per heavy atom. The molecule has 0 saturated carbocycles. The standard InChI is InChI=1S/C27H29FN4OSi/c1-34(2,3)23-9-10-24-20(15-23)16-25(32(24)18-19-6-4-7-21(28)14-19)27(33)30-22-8-11-26(29-17-22)31-12-5-13-31/h4,6-11,14-17H,5,12-13,18H2,1-3H3,(H,30,33). The summed E-state index contributed by atoms with van der Waals surface area (Å²) in [6, 6.07) is 18.7. The molecule has 34 heavy (non-hydrogen) atoms. The van der Waals surface area contributed by atoms with Crippen LogP contribution in [-0.2, 0) is 6.54 Å². The molecule has 5 nitrogen and oxygen atoms in total. The molecule has 3 heterocycles. The molecule has 0 radical (unpaired) electrons. The van der Waals surface area contributed by atoms with Crippen molar-refractivity contribution in [3.63, 3.8) is 0 Å². The molecule has 1 fully saturated rings. The van der Waals surface area contributed by atoms with E-state index in [9.17, 15) is 9.18 Å². The van der Waals surface area contributed by atoms with Crippen LogP contribution in [0.4, 0.5) is 15.9 Å². The highest BCUT2D eigenvalue weighted by molar-refractivity contribution is 6.88. The summed E-state index contributed by atoms with van der Waals surface area (Å²) >= 11 is 0. The van der Waals surface area contributed by atoms with Crippen molar-refractivity contribution in [2.75, 3.05) is 23.3 Å². The van der Waals surface area contributed by atoms with Crippen molar-refractivity contribution in [3.8, 4) is 0 Å². The van der Waals surface area contributed by atoms with Crippen molar-refractivity contribution >= 4 is 41.6 Å². The fourth-order valence-corrected chi connectivity index (χ4v) is 5.47. The molecule has 1 aliphatic heterocycles. The van der Waals surface area contributed by atoms with Gasteiger partial charge in [-0.25, -0.2) is 9.37 Å². The number of nitrogens with zero attached hydrogens (tertiary/aromatic N) is 3. The molecule has 0 aliphatic carbocycles. The molecule has 1 saturated heterocycles. The lowest BCUT2D eigenvalue weighted by Gasteiger charge is -2.31. The molecule has 1 aliphatic rings. The van der Waals surface area contributed by atoms with E-state index in [2.05, 4.69) is 53.0 Å². The van der Waals surface area contributed by atoms with Gasteiger partial charge in [0, 0.05) is 30.5 Å². The van der Waals surface area contributed by atoms with Gasteiger partial charge in [-0.3, -0.25) is 4.79 Å². The number of aromatic nitrogens is 2. The van der Waals surface area contributed by atoms with Crippen molar-refractivity contribution < 1.29 is 9.18 Å². The molecule has 1 N–H and O–H groups in total. The third-order valence-electron chi connectivity index (χ3n) is 6.42. The van der Waals surface area contributed by atoms with Gasteiger partial charge in [-0.15, -0.1) is 0 Å². The van der Waals surface area contributed by atoms with Gasteiger partial charge in [0.05, 0.1) is 20.0 Å². The SMILES string of the molecule is C[Si](C)(C)c1ccc2c(c1)cc(C(=O)Nc1ccc(N3CCC3)nc1)n2Cc1cccc(F)c1. The Kier molecular flexibility index (Phi) is 5.73. The number of pyridine rings is 1. The zero-order chi connectivity index (χ0) is 23.9. The van der Waals surface area contributed by atoms with Crippen LogP contribution in [0.5, 0.6) is 0 Å². The van der Waals surface area contributed by atoms with Crippen LogP contribution < -0.4 is 15.4 Å². The molecule has 0 spiro atoms. The van der Waals surface area contributed by atoms with Crippen molar-refractivity contribution in [2.24, 2.45) is 0 Å². The second-order valence-corrected chi connectivity index (χ2v) is 15.0. The molecular weight excluding hydrogens is 443 g/mol. The van der Waals surface area contributed by atoms with E-state index in [1.165, 1.54) is 23.7 Å². The molecular formula is C27H29FN4OSi. The number of carbonyl (C=O) groups is 1. The zero-order valence-corrected chi connectivity index (χ0v) is 20.8. The summed E-state index contributed by atoms with van der Waals surface area (Å²) in [6.45, 7) is 9.38. The number of nitrogens with one attached hydrogen (secondary N) is 1. The maximum Gasteiger partial charge on any atom is 0.272 e. The first-order valence-electron chi connectivity index (χ1n) is 11.7. The molecule has 5 rings (SSSR count). The van der Waals surface area contributed by atoms with E-state index in [-0.39, 0.29) is 11.7 Å². The predicted molar refractivity (Wildman–Crippen MR) is 139 cm³/mol. The average Bonchev–Trinajstić information content (AvgIpc) is 3.11. The van der Waals surface area contributed by atoms with Crippen LogP contribution >= 0.6 is 0 Å². The quantitative estimate of drug-likeness (QED) is 0.391. The third kappa shape index (κ3) is 4.48. The van der Waals surface area contributed by atoms with Crippen LogP contribution in [0.25, 0.3) is 10.9 Å². The number of rotatable bonds is 6. The number of carbonyl (C=O) groups excluding carboxylic acids is 1. The molecule has 174 valence electrons. The van der Waals surface area contributed by atoms with Crippen LogP contribution in [-0.4, -0.2) is 36.6 Å². The van der Waals surface area contributed by atoms with Gasteiger partial charge < -0.3 is 14.8 Å². The number of hydrogen-bond donors (Lipinski definition) is 1. The Hall–Kier alpha value is -3.45. The van der Waals surface area contributed by atoms with E-state index in [1.807, 2.05) is 28.8 Å². The van der Waals surface area contributed by atoms with Crippen LogP contribution in [0.2, 0.25) is 19.6 Å². The molecule has 4 aromatic rings. The highest BCUT2D eigenvalue weighted by atomic mass is 28.3. The summed E-state index contributed by atoms with van der Waals surface area (Å²) in [5, 5.41) is 5.35. The van der Waals surface area contributed by atoms with Crippen LogP contribution in [0.3, 0.4) is 0 Å². The summed E-state index contributed by atoms with van der Waals surface area (Å²) < 4.78 is 15.8. The van der Waals surface area contributed by atoms with Gasteiger partial charge in [0.1, 0.15) is 17.3 Å². The number of benzene rings is 2. The molecule has 2 aromatic carbocycles. The van der Waals surface area contributed by atoms with Crippen molar-refractivity contribution in [2.45, 2.75) is 32.6 Å². The Morgan fingerprint density at radius 3 is 2.53 bits per heavy atom. The van der Waals surface area contributed by atoms with Crippen LogP contribution in [0.1, 0.15) is 22.5 Å². The van der Waals surface area contributed by atoms with Gasteiger partial charge in [0.2, 0.25) is 0 Å². The lowest BCUT2D eigenvalue weighted by molar-refractivity contribution is 0.101. The molecule has 7 heteroatoms. The molecule has 0 atom stereocenters. The lowest BCUT2D eigenvalue weighted by atomic mass is 10.2. The van der Waals surface area contributed by atoms with E-state index in [0.29, 0.717) is 17.9 Å². The first-order chi connectivity index (χ1) is 16.3. The normalized spacial score (nSPS) is 13.7. The highest BCUT2D eigenvalue weighted by Crippen LogP contribution is 2.24. The van der Waals surface area contributed by atoms with Gasteiger partial charge in [-0.2, -0.15) is 0 Å². The first-order valence-corrected chi connectivity index (χ1v) is 15.2. The summed E-state index contributed by atoms with van der Waals surface area (Å²) in [5.41, 5.74) is 2.96. The molecule has 0 bridgehead atoms. The topological polar surface area (TPSA) is 50.2 Å². The molecule has 2 aromatic heterocycles. The molecule has 1 amide bonds. The second-order valence-electron chi connectivity index (χ2n) is 9.97. The smallest absolute Gasteiger partial charge is 0.272 e. The largest absolute Gasteiger partial charge is 0.356 e. The minimum Gasteiger partial charge on any atom is -0.356 e. The Morgan fingerprint density at radius 2 is 1.88 bits per heavy atom. The molecule has 0 unspecified atom stereocenters. The fourth-order valence-electron chi connectivity index (χ4n) is 4.30. The first kappa shape index (κ1) is 22.3. The van der Waals surface area contributed by atoms with E-state index in [1.54, 1.807) is 12.3 Å².